The number of hydrogen-bond acceptors (Lipinski definition) is 3. The van der Waals surface area contributed by atoms with E-state index in [1.165, 1.54) is 5.56 Å². The summed E-state index contributed by atoms with van der Waals surface area (Å²) in [6.07, 6.45) is 5.17. The minimum Gasteiger partial charge on any atom is -0.457 e. The molecule has 1 heterocycles. The Kier molecular flexibility index (Phi) is 5.95. The molecule has 0 radical (unpaired) electrons. The van der Waals surface area contributed by atoms with E-state index in [1.54, 1.807) is 0 Å². The van der Waals surface area contributed by atoms with Crippen LogP contribution in [0.3, 0.4) is 0 Å². The molecule has 4 heteroatoms. The van der Waals surface area contributed by atoms with E-state index in [0.29, 0.717) is 0 Å². The van der Waals surface area contributed by atoms with Gasteiger partial charge in [0.25, 0.3) is 0 Å². The molecular weight excluding hydrogens is 322 g/mol. The van der Waals surface area contributed by atoms with Crippen LogP contribution >= 0.6 is 0 Å². The molecule has 136 valence electrons. The SMILES string of the molecule is CCCC(Nc1cn(C)nc1CC)c1ccc(Oc2ccccc2)cc1. The van der Waals surface area contributed by atoms with Crippen molar-refractivity contribution in [2.24, 2.45) is 7.05 Å². The van der Waals surface area contributed by atoms with Crippen LogP contribution in [0.2, 0.25) is 0 Å². The molecule has 0 aliphatic rings. The predicted octanol–water partition coefficient (Wildman–Crippen LogP) is 5.73. The maximum Gasteiger partial charge on any atom is 0.127 e. The molecule has 0 aliphatic heterocycles. The summed E-state index contributed by atoms with van der Waals surface area (Å²) in [6.45, 7) is 4.35. The summed E-state index contributed by atoms with van der Waals surface area (Å²) in [7, 11) is 1.97. The quantitative estimate of drug-likeness (QED) is 0.564. The first-order chi connectivity index (χ1) is 12.7. The maximum absolute atomic E-state index is 5.90. The fourth-order valence-corrected chi connectivity index (χ4v) is 3.11. The zero-order chi connectivity index (χ0) is 18.4. The van der Waals surface area contributed by atoms with Gasteiger partial charge in [0.2, 0.25) is 0 Å². The minimum atomic E-state index is 0.264. The standard InChI is InChI=1S/C22H27N3O/c1-4-9-21(23-22-16-25(3)24-20(22)5-2)17-12-14-19(15-13-17)26-18-10-7-6-8-11-18/h6-8,10-16,21,23H,4-5,9H2,1-3H3. The van der Waals surface area contributed by atoms with E-state index in [-0.39, 0.29) is 6.04 Å². The Hall–Kier alpha value is -2.75. The van der Waals surface area contributed by atoms with Gasteiger partial charge < -0.3 is 10.1 Å². The molecule has 0 amide bonds. The summed E-state index contributed by atoms with van der Waals surface area (Å²) in [4.78, 5) is 0. The van der Waals surface area contributed by atoms with Crippen molar-refractivity contribution in [2.45, 2.75) is 39.2 Å². The zero-order valence-electron chi connectivity index (χ0n) is 15.8. The van der Waals surface area contributed by atoms with Crippen LogP contribution in [0, 0.1) is 0 Å². The summed E-state index contributed by atoms with van der Waals surface area (Å²) in [5.74, 6) is 1.71. The average Bonchev–Trinajstić information content (AvgIpc) is 3.02. The Labute approximate surface area is 155 Å². The summed E-state index contributed by atoms with van der Waals surface area (Å²) >= 11 is 0. The highest BCUT2D eigenvalue weighted by Gasteiger charge is 2.14. The molecule has 1 atom stereocenters. The van der Waals surface area contributed by atoms with Gasteiger partial charge in [-0.1, -0.05) is 50.6 Å². The van der Waals surface area contributed by atoms with Crippen LogP contribution in [0.15, 0.2) is 60.8 Å². The number of aryl methyl sites for hydroxylation is 2. The van der Waals surface area contributed by atoms with Gasteiger partial charge in [-0.3, -0.25) is 4.68 Å². The van der Waals surface area contributed by atoms with Crippen LogP contribution in [-0.4, -0.2) is 9.78 Å². The van der Waals surface area contributed by atoms with Crippen molar-refractivity contribution in [3.05, 3.63) is 72.1 Å². The van der Waals surface area contributed by atoms with Crippen LogP contribution in [0.25, 0.3) is 0 Å². The molecule has 0 saturated heterocycles. The number of rotatable bonds is 8. The zero-order valence-corrected chi connectivity index (χ0v) is 15.8. The van der Waals surface area contributed by atoms with Crippen molar-refractivity contribution >= 4 is 5.69 Å². The molecular formula is C22H27N3O. The van der Waals surface area contributed by atoms with Gasteiger partial charge in [0.15, 0.2) is 0 Å². The molecule has 0 spiro atoms. The van der Waals surface area contributed by atoms with Crippen LogP contribution in [-0.2, 0) is 13.5 Å². The number of nitrogens with zero attached hydrogens (tertiary/aromatic N) is 2. The van der Waals surface area contributed by atoms with Crippen LogP contribution in [0.4, 0.5) is 5.69 Å². The molecule has 2 aromatic carbocycles. The van der Waals surface area contributed by atoms with Gasteiger partial charge in [0, 0.05) is 13.2 Å². The third-order valence-corrected chi connectivity index (χ3v) is 4.41. The molecule has 4 nitrogen and oxygen atoms in total. The third kappa shape index (κ3) is 4.45. The second-order valence-corrected chi connectivity index (χ2v) is 6.49. The van der Waals surface area contributed by atoms with E-state index in [4.69, 9.17) is 4.74 Å². The Morgan fingerprint density at radius 3 is 2.35 bits per heavy atom. The summed E-state index contributed by atoms with van der Waals surface area (Å²) in [6, 6.07) is 18.5. The van der Waals surface area contributed by atoms with Gasteiger partial charge in [-0.05, 0) is 42.7 Å². The molecule has 0 bridgehead atoms. The van der Waals surface area contributed by atoms with E-state index >= 15 is 0 Å². The Bertz CT molecular complexity index is 809. The van der Waals surface area contributed by atoms with Gasteiger partial charge in [-0.2, -0.15) is 5.10 Å². The van der Waals surface area contributed by atoms with Gasteiger partial charge in [0.1, 0.15) is 11.5 Å². The number of aromatic nitrogens is 2. The minimum absolute atomic E-state index is 0.264. The molecule has 26 heavy (non-hydrogen) atoms. The highest BCUT2D eigenvalue weighted by atomic mass is 16.5. The van der Waals surface area contributed by atoms with Crippen molar-refractivity contribution in [3.63, 3.8) is 0 Å². The van der Waals surface area contributed by atoms with Crippen molar-refractivity contribution in [1.82, 2.24) is 9.78 Å². The fraction of sp³-hybridized carbons (Fsp3) is 0.318. The lowest BCUT2D eigenvalue weighted by atomic mass is 10.0. The lowest BCUT2D eigenvalue weighted by Gasteiger charge is -2.20. The highest BCUT2D eigenvalue weighted by Crippen LogP contribution is 2.28. The molecule has 0 saturated carbocycles. The number of benzene rings is 2. The molecule has 3 aromatic rings. The van der Waals surface area contributed by atoms with Crippen molar-refractivity contribution in [1.29, 1.82) is 0 Å². The molecule has 1 unspecified atom stereocenters. The number of anilines is 1. The highest BCUT2D eigenvalue weighted by molar-refractivity contribution is 5.49. The lowest BCUT2D eigenvalue weighted by Crippen LogP contribution is -2.11. The maximum atomic E-state index is 5.90. The van der Waals surface area contributed by atoms with Crippen LogP contribution in [0.5, 0.6) is 11.5 Å². The Morgan fingerprint density at radius 1 is 1.00 bits per heavy atom. The monoisotopic (exact) mass is 349 g/mol. The number of ether oxygens (including phenoxy) is 1. The van der Waals surface area contributed by atoms with Gasteiger partial charge in [0.05, 0.1) is 17.4 Å². The van der Waals surface area contributed by atoms with Gasteiger partial charge >= 0.3 is 0 Å². The van der Waals surface area contributed by atoms with Crippen molar-refractivity contribution in [2.75, 3.05) is 5.32 Å². The normalized spacial score (nSPS) is 12.0. The largest absolute Gasteiger partial charge is 0.457 e. The van der Waals surface area contributed by atoms with E-state index in [2.05, 4.69) is 42.6 Å². The van der Waals surface area contributed by atoms with E-state index in [1.807, 2.05) is 54.2 Å². The Morgan fingerprint density at radius 2 is 1.69 bits per heavy atom. The smallest absolute Gasteiger partial charge is 0.127 e. The topological polar surface area (TPSA) is 39.1 Å². The number of hydrogen-bond donors (Lipinski definition) is 1. The second-order valence-electron chi connectivity index (χ2n) is 6.49. The predicted molar refractivity (Wildman–Crippen MR) is 107 cm³/mol. The lowest BCUT2D eigenvalue weighted by molar-refractivity contribution is 0.482. The van der Waals surface area contributed by atoms with Crippen LogP contribution < -0.4 is 10.1 Å². The first kappa shape index (κ1) is 18.1. The second kappa shape index (κ2) is 8.56. The fourth-order valence-electron chi connectivity index (χ4n) is 3.11. The number of nitrogens with one attached hydrogen (secondary N) is 1. The van der Waals surface area contributed by atoms with E-state index in [9.17, 15) is 0 Å². The van der Waals surface area contributed by atoms with E-state index < -0.39 is 0 Å². The molecule has 0 aliphatic carbocycles. The van der Waals surface area contributed by atoms with Gasteiger partial charge in [-0.15, -0.1) is 0 Å². The summed E-state index contributed by atoms with van der Waals surface area (Å²) < 4.78 is 7.77. The summed E-state index contributed by atoms with van der Waals surface area (Å²) in [5.41, 5.74) is 3.49. The third-order valence-electron chi connectivity index (χ3n) is 4.41. The molecule has 1 N–H and O–H groups in total. The van der Waals surface area contributed by atoms with Crippen LogP contribution in [0.1, 0.15) is 44.0 Å². The first-order valence-electron chi connectivity index (χ1n) is 9.31. The van der Waals surface area contributed by atoms with Crippen molar-refractivity contribution in [3.8, 4) is 11.5 Å². The molecule has 0 fully saturated rings. The van der Waals surface area contributed by atoms with Crippen molar-refractivity contribution < 1.29 is 4.74 Å². The van der Waals surface area contributed by atoms with Gasteiger partial charge in [-0.25, -0.2) is 0 Å². The Balaban J connectivity index is 1.75. The number of para-hydroxylation sites is 1. The first-order valence-corrected chi connectivity index (χ1v) is 9.31. The molecule has 1 aromatic heterocycles. The average molecular weight is 349 g/mol. The summed E-state index contributed by atoms with van der Waals surface area (Å²) in [5, 5.41) is 8.21. The molecule has 3 rings (SSSR count). The van der Waals surface area contributed by atoms with E-state index in [0.717, 1.165) is 42.1 Å².